The van der Waals surface area contributed by atoms with Crippen LogP contribution in [0.1, 0.15) is 22.5 Å². The molecule has 1 aromatic carbocycles. The number of hydrogen-bond donors (Lipinski definition) is 1. The topological polar surface area (TPSA) is 73.9 Å². The van der Waals surface area contributed by atoms with Gasteiger partial charge in [0.15, 0.2) is 10.6 Å². The number of thiophene rings is 1. The van der Waals surface area contributed by atoms with Crippen LogP contribution in [0.3, 0.4) is 0 Å². The third kappa shape index (κ3) is 3.02. The smallest absolute Gasteiger partial charge is 0.351 e. The molecule has 1 N–H and O–H groups in total. The maximum atomic E-state index is 12.1. The summed E-state index contributed by atoms with van der Waals surface area (Å²) in [5.74, 6) is -0.123. The van der Waals surface area contributed by atoms with Gasteiger partial charge in [0.2, 0.25) is 0 Å². The summed E-state index contributed by atoms with van der Waals surface area (Å²) in [5.41, 5.74) is 0.644. The third-order valence-electron chi connectivity index (χ3n) is 3.71. The predicted octanol–water partition coefficient (Wildman–Crippen LogP) is 2.81. The van der Waals surface area contributed by atoms with E-state index in [0.717, 1.165) is 22.9 Å². The number of esters is 1. The second kappa shape index (κ2) is 6.55. The maximum absolute atomic E-state index is 12.1. The van der Waals surface area contributed by atoms with Gasteiger partial charge in [-0.05, 0) is 31.0 Å². The minimum Gasteiger partial charge on any atom is -0.494 e. The Labute approximate surface area is 137 Å². The Balaban J connectivity index is 1.91. The lowest BCUT2D eigenvalue weighted by atomic mass is 10.2. The van der Waals surface area contributed by atoms with E-state index in [1.54, 1.807) is 12.1 Å². The van der Waals surface area contributed by atoms with Crippen LogP contribution >= 0.6 is 11.3 Å². The van der Waals surface area contributed by atoms with Crippen molar-refractivity contribution in [2.45, 2.75) is 18.9 Å². The number of rotatable bonds is 4. The highest BCUT2D eigenvalue weighted by atomic mass is 32.1. The number of carbonyl (C=O) groups is 2. The Hall–Kier alpha value is -2.12. The van der Waals surface area contributed by atoms with E-state index in [1.165, 1.54) is 25.6 Å². The van der Waals surface area contributed by atoms with Crippen molar-refractivity contribution in [3.05, 3.63) is 23.1 Å². The molecule has 1 aromatic heterocycles. The van der Waals surface area contributed by atoms with E-state index < -0.39 is 5.97 Å². The lowest BCUT2D eigenvalue weighted by molar-refractivity contribution is -0.124. The fourth-order valence-corrected chi connectivity index (χ4v) is 3.66. The number of hydrogen-bond acceptors (Lipinski definition) is 6. The average molecular weight is 335 g/mol. The van der Waals surface area contributed by atoms with Crippen molar-refractivity contribution >= 4 is 39.0 Å². The molecule has 23 heavy (non-hydrogen) atoms. The Morgan fingerprint density at radius 1 is 1.35 bits per heavy atom. The molecule has 1 unspecified atom stereocenters. The first-order valence-electron chi connectivity index (χ1n) is 7.25. The van der Waals surface area contributed by atoms with E-state index in [9.17, 15) is 9.59 Å². The highest BCUT2D eigenvalue weighted by Gasteiger charge is 2.24. The molecule has 1 aliphatic heterocycles. The lowest BCUT2D eigenvalue weighted by Crippen LogP contribution is -2.26. The largest absolute Gasteiger partial charge is 0.494 e. The quantitative estimate of drug-likeness (QED) is 0.870. The summed E-state index contributed by atoms with van der Waals surface area (Å²) in [6.45, 7) is 0.623. The van der Waals surface area contributed by atoms with Gasteiger partial charge in [0.25, 0.3) is 5.91 Å². The van der Waals surface area contributed by atoms with E-state index in [0.29, 0.717) is 22.9 Å². The van der Waals surface area contributed by atoms with E-state index >= 15 is 0 Å². The zero-order valence-electron chi connectivity index (χ0n) is 12.9. The first-order valence-corrected chi connectivity index (χ1v) is 8.07. The van der Waals surface area contributed by atoms with E-state index in [2.05, 4.69) is 5.32 Å². The number of carbonyl (C=O) groups excluding carboxylic acids is 2. The Kier molecular flexibility index (Phi) is 4.49. The summed E-state index contributed by atoms with van der Waals surface area (Å²) in [5, 5.41) is 3.62. The molecule has 0 radical (unpaired) electrons. The van der Waals surface area contributed by atoms with Gasteiger partial charge in [-0.15, -0.1) is 11.3 Å². The molecule has 1 atom stereocenters. The monoisotopic (exact) mass is 335 g/mol. The molecule has 1 fully saturated rings. The number of benzene rings is 1. The molecule has 6 nitrogen and oxygen atoms in total. The van der Waals surface area contributed by atoms with Crippen molar-refractivity contribution < 1.29 is 23.8 Å². The molecular weight excluding hydrogens is 318 g/mol. The van der Waals surface area contributed by atoms with Gasteiger partial charge in [-0.1, -0.05) is 0 Å². The van der Waals surface area contributed by atoms with Crippen LogP contribution in [0, 0.1) is 0 Å². The van der Waals surface area contributed by atoms with Gasteiger partial charge in [0.05, 0.1) is 14.2 Å². The highest BCUT2D eigenvalue weighted by molar-refractivity contribution is 7.21. The van der Waals surface area contributed by atoms with Crippen molar-refractivity contribution in [1.29, 1.82) is 0 Å². The normalized spacial score (nSPS) is 17.2. The van der Waals surface area contributed by atoms with Crippen molar-refractivity contribution in [3.8, 4) is 5.75 Å². The molecule has 0 saturated carbocycles. The zero-order chi connectivity index (χ0) is 16.4. The summed E-state index contributed by atoms with van der Waals surface area (Å²) in [4.78, 5) is 24.4. The van der Waals surface area contributed by atoms with Crippen LogP contribution < -0.4 is 10.1 Å². The van der Waals surface area contributed by atoms with Crippen LogP contribution in [0.5, 0.6) is 5.75 Å². The molecular formula is C16H17NO5S. The van der Waals surface area contributed by atoms with Gasteiger partial charge in [-0.3, -0.25) is 4.79 Å². The summed E-state index contributed by atoms with van der Waals surface area (Å²) in [6.07, 6.45) is 1.25. The SMILES string of the molecule is COC(=O)c1sc2ccc(NC(=O)C3CCCO3)cc2c1OC. The van der Waals surface area contributed by atoms with Crippen LogP contribution in [0.25, 0.3) is 10.1 Å². The molecule has 122 valence electrons. The number of anilines is 1. The lowest BCUT2D eigenvalue weighted by Gasteiger charge is -2.10. The summed E-state index contributed by atoms with van der Waals surface area (Å²) < 4.78 is 16.4. The van der Waals surface area contributed by atoms with Gasteiger partial charge in [0.1, 0.15) is 6.10 Å². The Morgan fingerprint density at radius 3 is 2.83 bits per heavy atom. The minimum absolute atomic E-state index is 0.149. The van der Waals surface area contributed by atoms with Gasteiger partial charge in [-0.25, -0.2) is 4.79 Å². The summed E-state index contributed by atoms with van der Waals surface area (Å²) in [7, 11) is 2.84. The summed E-state index contributed by atoms with van der Waals surface area (Å²) in [6, 6.07) is 5.44. The second-order valence-corrected chi connectivity index (χ2v) is 6.21. The van der Waals surface area contributed by atoms with Crippen molar-refractivity contribution in [3.63, 3.8) is 0 Å². The molecule has 3 rings (SSSR count). The van der Waals surface area contributed by atoms with E-state index in [-0.39, 0.29) is 12.0 Å². The molecule has 1 aliphatic rings. The molecule has 0 aliphatic carbocycles. The minimum atomic E-state index is -0.437. The molecule has 2 heterocycles. The van der Waals surface area contributed by atoms with Crippen LogP contribution in [-0.4, -0.2) is 38.8 Å². The fraction of sp³-hybridized carbons (Fsp3) is 0.375. The number of ether oxygens (including phenoxy) is 3. The molecule has 0 spiro atoms. The van der Waals surface area contributed by atoms with Crippen LogP contribution in [0.2, 0.25) is 0 Å². The Morgan fingerprint density at radius 2 is 2.17 bits per heavy atom. The molecule has 0 bridgehead atoms. The number of methoxy groups -OCH3 is 2. The van der Waals surface area contributed by atoms with E-state index in [4.69, 9.17) is 14.2 Å². The number of amides is 1. The van der Waals surface area contributed by atoms with Gasteiger partial charge >= 0.3 is 5.97 Å². The number of fused-ring (bicyclic) bond motifs is 1. The van der Waals surface area contributed by atoms with Crippen molar-refractivity contribution in [2.75, 3.05) is 26.1 Å². The van der Waals surface area contributed by atoms with Crippen molar-refractivity contribution in [1.82, 2.24) is 0 Å². The first-order chi connectivity index (χ1) is 11.1. The van der Waals surface area contributed by atoms with Crippen LogP contribution in [0.4, 0.5) is 5.69 Å². The molecule has 1 amide bonds. The van der Waals surface area contributed by atoms with Gasteiger partial charge in [0, 0.05) is 22.4 Å². The third-order valence-corrected chi connectivity index (χ3v) is 4.84. The number of nitrogens with one attached hydrogen (secondary N) is 1. The van der Waals surface area contributed by atoms with E-state index in [1.807, 2.05) is 6.07 Å². The highest BCUT2D eigenvalue weighted by Crippen LogP contribution is 2.39. The standard InChI is InChI=1S/C16H17NO5S/c1-20-13-10-8-9(17-15(18)11-4-3-7-22-11)5-6-12(10)23-14(13)16(19)21-2/h5-6,8,11H,3-4,7H2,1-2H3,(H,17,18). The Bertz CT molecular complexity index is 748. The molecule has 1 saturated heterocycles. The fourth-order valence-electron chi connectivity index (χ4n) is 2.59. The second-order valence-electron chi connectivity index (χ2n) is 5.16. The summed E-state index contributed by atoms with van der Waals surface area (Å²) >= 11 is 1.30. The van der Waals surface area contributed by atoms with Crippen LogP contribution in [0.15, 0.2) is 18.2 Å². The maximum Gasteiger partial charge on any atom is 0.351 e. The molecule has 2 aromatic rings. The van der Waals surface area contributed by atoms with Crippen LogP contribution in [-0.2, 0) is 14.3 Å². The average Bonchev–Trinajstić information content (AvgIpc) is 3.21. The molecule has 7 heteroatoms. The van der Waals surface area contributed by atoms with Gasteiger partial charge < -0.3 is 19.5 Å². The predicted molar refractivity (Wildman–Crippen MR) is 87.3 cm³/mol. The van der Waals surface area contributed by atoms with Crippen molar-refractivity contribution in [2.24, 2.45) is 0 Å². The first kappa shape index (κ1) is 15.8. The van der Waals surface area contributed by atoms with Gasteiger partial charge in [-0.2, -0.15) is 0 Å². The zero-order valence-corrected chi connectivity index (χ0v) is 13.7.